The van der Waals surface area contributed by atoms with E-state index in [0.29, 0.717) is 28.4 Å². The number of rotatable bonds is 9. The minimum absolute atomic E-state index is 0.126. The van der Waals surface area contributed by atoms with Gasteiger partial charge in [0, 0.05) is 32.8 Å². The summed E-state index contributed by atoms with van der Waals surface area (Å²) in [5, 5.41) is 9.97. The van der Waals surface area contributed by atoms with Gasteiger partial charge in [-0.2, -0.15) is 0 Å². The first kappa shape index (κ1) is 25.0. The molecule has 32 heavy (non-hydrogen) atoms. The molecule has 1 aliphatic carbocycles. The highest BCUT2D eigenvalue weighted by Crippen LogP contribution is 2.35. The number of amides is 1. The van der Waals surface area contributed by atoms with Gasteiger partial charge < -0.3 is 14.9 Å². The molecule has 1 N–H and O–H groups in total. The molecule has 0 saturated heterocycles. The normalized spacial score (nSPS) is 18.7. The molecule has 2 aromatic rings. The third kappa shape index (κ3) is 6.95. The molecule has 1 amide bonds. The van der Waals surface area contributed by atoms with Crippen molar-refractivity contribution in [2.75, 3.05) is 27.2 Å². The Balaban J connectivity index is 1.48. The van der Waals surface area contributed by atoms with E-state index in [0.717, 1.165) is 50.8 Å². The van der Waals surface area contributed by atoms with Gasteiger partial charge in [-0.3, -0.25) is 4.79 Å². The fraction of sp³-hybridized carbons (Fsp3) is 0.500. The Bertz CT molecular complexity index is 880. The number of carbonyl (C=O) groups is 1. The van der Waals surface area contributed by atoms with Crippen molar-refractivity contribution in [2.45, 2.75) is 57.0 Å². The van der Waals surface area contributed by atoms with Gasteiger partial charge in [-0.1, -0.05) is 53.5 Å². The van der Waals surface area contributed by atoms with E-state index in [4.69, 9.17) is 28.3 Å². The van der Waals surface area contributed by atoms with E-state index >= 15 is 0 Å². The van der Waals surface area contributed by atoms with Crippen LogP contribution in [0.2, 0.25) is 10.0 Å². The maximum absolute atomic E-state index is 12.8. The maximum atomic E-state index is 12.8. The minimum Gasteiger partial charge on any atom is -0.396 e. The largest absolute Gasteiger partial charge is 0.396 e. The molecule has 0 spiro atoms. The second-order valence-corrected chi connectivity index (χ2v) is 9.81. The molecule has 1 fully saturated rings. The molecule has 0 bridgehead atoms. The fourth-order valence-electron chi connectivity index (χ4n) is 4.58. The molecule has 0 aliphatic heterocycles. The van der Waals surface area contributed by atoms with E-state index in [-0.39, 0.29) is 12.5 Å². The summed E-state index contributed by atoms with van der Waals surface area (Å²) < 4.78 is 0. The predicted octanol–water partition coefficient (Wildman–Crippen LogP) is 5.53. The topological polar surface area (TPSA) is 43.8 Å². The van der Waals surface area contributed by atoms with E-state index < -0.39 is 0 Å². The Morgan fingerprint density at radius 1 is 0.969 bits per heavy atom. The van der Waals surface area contributed by atoms with E-state index in [1.54, 1.807) is 12.1 Å². The highest BCUT2D eigenvalue weighted by atomic mass is 35.5. The van der Waals surface area contributed by atoms with Crippen molar-refractivity contribution >= 4 is 29.1 Å². The van der Waals surface area contributed by atoms with Crippen LogP contribution in [-0.4, -0.2) is 54.1 Å². The average Bonchev–Trinajstić information content (AvgIpc) is 2.80. The summed E-state index contributed by atoms with van der Waals surface area (Å²) in [6.45, 7) is 2.04. The Hall–Kier alpha value is -1.59. The summed E-state index contributed by atoms with van der Waals surface area (Å²) in [5.41, 5.74) is 3.59. The van der Waals surface area contributed by atoms with Gasteiger partial charge in [0.1, 0.15) is 0 Å². The first-order valence-electron chi connectivity index (χ1n) is 11.4. The molecule has 0 aromatic heterocycles. The molecule has 4 nitrogen and oxygen atoms in total. The van der Waals surface area contributed by atoms with E-state index in [9.17, 15) is 4.79 Å². The van der Waals surface area contributed by atoms with Crippen molar-refractivity contribution in [3.05, 3.63) is 69.2 Å². The lowest BCUT2D eigenvalue weighted by Crippen LogP contribution is -2.40. The van der Waals surface area contributed by atoms with Gasteiger partial charge in [0.15, 0.2) is 0 Å². The number of hydrogen-bond acceptors (Lipinski definition) is 3. The summed E-state index contributed by atoms with van der Waals surface area (Å²) in [6, 6.07) is 14.7. The number of benzene rings is 2. The van der Waals surface area contributed by atoms with Gasteiger partial charge in [0.25, 0.3) is 0 Å². The van der Waals surface area contributed by atoms with Crippen molar-refractivity contribution in [3.63, 3.8) is 0 Å². The number of hydrogen-bond donors (Lipinski definition) is 1. The highest BCUT2D eigenvalue weighted by Gasteiger charge is 2.27. The zero-order valence-electron chi connectivity index (χ0n) is 19.1. The molecule has 3 rings (SSSR count). The zero-order valence-corrected chi connectivity index (χ0v) is 20.6. The Morgan fingerprint density at radius 2 is 1.62 bits per heavy atom. The van der Waals surface area contributed by atoms with Crippen LogP contribution in [0.1, 0.15) is 54.7 Å². The summed E-state index contributed by atoms with van der Waals surface area (Å²) in [5.74, 6) is 0.688. The summed E-state index contributed by atoms with van der Waals surface area (Å²) in [7, 11) is 4.01. The molecule has 1 aliphatic rings. The zero-order chi connectivity index (χ0) is 23.1. The smallest absolute Gasteiger partial charge is 0.226 e. The van der Waals surface area contributed by atoms with E-state index in [1.165, 1.54) is 11.1 Å². The van der Waals surface area contributed by atoms with E-state index in [2.05, 4.69) is 36.2 Å². The van der Waals surface area contributed by atoms with Gasteiger partial charge in [-0.05, 0) is 73.9 Å². The Morgan fingerprint density at radius 3 is 2.25 bits per heavy atom. The first-order valence-corrected chi connectivity index (χ1v) is 12.2. The number of aliphatic hydroxyl groups is 1. The van der Waals surface area contributed by atoms with Crippen LogP contribution in [0.3, 0.4) is 0 Å². The quantitative estimate of drug-likeness (QED) is 0.516. The molecular formula is C26H34Cl2N2O2. The predicted molar refractivity (Wildman–Crippen MR) is 132 cm³/mol. The summed E-state index contributed by atoms with van der Waals surface area (Å²) >= 11 is 12.1. The number of carbonyl (C=O) groups excluding carboxylic acids is 1. The minimum atomic E-state index is 0.126. The van der Waals surface area contributed by atoms with Crippen molar-refractivity contribution in [1.82, 2.24) is 9.80 Å². The third-order valence-corrected chi connectivity index (χ3v) is 7.32. The Kier molecular flexibility index (Phi) is 9.42. The second-order valence-electron chi connectivity index (χ2n) is 8.99. The molecule has 174 valence electrons. The monoisotopic (exact) mass is 476 g/mol. The van der Waals surface area contributed by atoms with Gasteiger partial charge in [0.2, 0.25) is 5.91 Å². The van der Waals surface area contributed by atoms with Crippen LogP contribution in [0.15, 0.2) is 42.5 Å². The maximum Gasteiger partial charge on any atom is 0.226 e. The Labute approximate surface area is 202 Å². The first-order chi connectivity index (χ1) is 15.4. The molecule has 6 heteroatoms. The number of nitrogens with zero attached hydrogens (tertiary/aromatic N) is 2. The molecule has 0 heterocycles. The van der Waals surface area contributed by atoms with Crippen LogP contribution in [0.5, 0.6) is 0 Å². The molecule has 0 unspecified atom stereocenters. The van der Waals surface area contributed by atoms with Crippen molar-refractivity contribution in [1.29, 1.82) is 0 Å². The van der Waals surface area contributed by atoms with Crippen LogP contribution < -0.4 is 0 Å². The lowest BCUT2D eigenvalue weighted by Gasteiger charge is -2.35. The van der Waals surface area contributed by atoms with Crippen LogP contribution >= 0.6 is 23.2 Å². The average molecular weight is 477 g/mol. The van der Waals surface area contributed by atoms with Crippen LogP contribution in [0, 0.1) is 0 Å². The SMILES string of the molecule is CN(CCCO)Cc1ccc(C2CCC(N(C)C(=O)Cc3ccc(Cl)c(Cl)c3)CC2)cc1. The lowest BCUT2D eigenvalue weighted by molar-refractivity contribution is -0.131. The van der Waals surface area contributed by atoms with Crippen LogP contribution in [-0.2, 0) is 17.8 Å². The number of likely N-dealkylation sites (N-methyl/N-ethyl adjacent to an activating group) is 1. The number of halogens is 2. The van der Waals surface area contributed by atoms with Gasteiger partial charge in [-0.15, -0.1) is 0 Å². The second kappa shape index (κ2) is 12.0. The van der Waals surface area contributed by atoms with Crippen molar-refractivity contribution in [3.8, 4) is 0 Å². The van der Waals surface area contributed by atoms with Gasteiger partial charge in [0.05, 0.1) is 16.5 Å². The van der Waals surface area contributed by atoms with Crippen molar-refractivity contribution in [2.24, 2.45) is 0 Å². The standard InChI is InChI=1S/C26H34Cl2N2O2/c1-29(14-3-15-31)18-19-4-7-21(8-5-19)22-9-11-23(12-10-22)30(2)26(32)17-20-6-13-24(27)25(28)16-20/h4-8,13,16,22-23,31H,3,9-12,14-15,17-18H2,1-2H3. The molecule has 2 aromatic carbocycles. The fourth-order valence-corrected chi connectivity index (χ4v) is 4.90. The van der Waals surface area contributed by atoms with Crippen LogP contribution in [0.25, 0.3) is 0 Å². The lowest BCUT2D eigenvalue weighted by atomic mass is 9.81. The molecular weight excluding hydrogens is 443 g/mol. The molecule has 1 saturated carbocycles. The van der Waals surface area contributed by atoms with Gasteiger partial charge >= 0.3 is 0 Å². The number of aliphatic hydroxyl groups excluding tert-OH is 1. The van der Waals surface area contributed by atoms with Gasteiger partial charge in [-0.25, -0.2) is 0 Å². The highest BCUT2D eigenvalue weighted by molar-refractivity contribution is 6.42. The third-order valence-electron chi connectivity index (χ3n) is 6.58. The van der Waals surface area contributed by atoms with E-state index in [1.807, 2.05) is 18.0 Å². The van der Waals surface area contributed by atoms with Crippen molar-refractivity contribution < 1.29 is 9.90 Å². The van der Waals surface area contributed by atoms with Crippen LogP contribution in [0.4, 0.5) is 0 Å². The molecule has 0 atom stereocenters. The molecule has 0 radical (unpaired) electrons. The summed E-state index contributed by atoms with van der Waals surface area (Å²) in [4.78, 5) is 16.9. The summed E-state index contributed by atoms with van der Waals surface area (Å²) in [6.07, 6.45) is 5.42.